The fraction of sp³-hybridized carbons (Fsp3) is 0.263. The van der Waals surface area contributed by atoms with E-state index in [-0.39, 0.29) is 6.42 Å². The first-order chi connectivity index (χ1) is 12.5. The number of benzene rings is 2. The van der Waals surface area contributed by atoms with Crippen LogP contribution in [0, 0.1) is 0 Å². The van der Waals surface area contributed by atoms with Gasteiger partial charge in [0.25, 0.3) is 5.91 Å². The molecule has 0 saturated heterocycles. The Hall–Kier alpha value is -3.22. The molecule has 0 aliphatic rings. The molecule has 0 atom stereocenters. The number of methoxy groups -OCH3 is 3. The summed E-state index contributed by atoms with van der Waals surface area (Å²) >= 11 is 0. The van der Waals surface area contributed by atoms with Crippen LogP contribution < -0.4 is 19.5 Å². The Morgan fingerprint density at radius 3 is 2.35 bits per heavy atom. The number of nitrogens with one attached hydrogen (secondary N) is 1. The summed E-state index contributed by atoms with van der Waals surface area (Å²) in [7, 11) is 4.56. The molecule has 0 aliphatic heterocycles. The van der Waals surface area contributed by atoms with Crippen LogP contribution in [0.25, 0.3) is 0 Å². The van der Waals surface area contributed by atoms with Gasteiger partial charge in [0.15, 0.2) is 6.61 Å². The lowest BCUT2D eigenvalue weighted by atomic mass is 10.1. The molecule has 0 aromatic heterocycles. The van der Waals surface area contributed by atoms with Crippen LogP contribution in [0.2, 0.25) is 0 Å². The first kappa shape index (κ1) is 19.1. The summed E-state index contributed by atoms with van der Waals surface area (Å²) in [5, 5.41) is 2.63. The Morgan fingerprint density at radius 1 is 0.923 bits per heavy atom. The fourth-order valence-corrected chi connectivity index (χ4v) is 2.24. The molecule has 1 N–H and O–H groups in total. The molecule has 0 bridgehead atoms. The Kier molecular flexibility index (Phi) is 6.84. The van der Waals surface area contributed by atoms with E-state index in [2.05, 4.69) is 5.32 Å². The SMILES string of the molecule is COc1cccc(CC(=O)OCC(=O)Nc2cc(OC)ccc2OC)c1. The first-order valence-electron chi connectivity index (χ1n) is 7.86. The van der Waals surface area contributed by atoms with Gasteiger partial charge in [-0.05, 0) is 29.8 Å². The Bertz CT molecular complexity index is 774. The third-order valence-electron chi connectivity index (χ3n) is 3.53. The highest BCUT2D eigenvalue weighted by Gasteiger charge is 2.12. The van der Waals surface area contributed by atoms with Crippen LogP contribution in [0.15, 0.2) is 42.5 Å². The van der Waals surface area contributed by atoms with Gasteiger partial charge >= 0.3 is 5.97 Å². The molecule has 138 valence electrons. The van der Waals surface area contributed by atoms with Crippen molar-refractivity contribution in [3.63, 3.8) is 0 Å². The van der Waals surface area contributed by atoms with Crippen molar-refractivity contribution in [1.29, 1.82) is 0 Å². The monoisotopic (exact) mass is 359 g/mol. The fourth-order valence-electron chi connectivity index (χ4n) is 2.24. The summed E-state index contributed by atoms with van der Waals surface area (Å²) in [4.78, 5) is 23.9. The zero-order valence-electron chi connectivity index (χ0n) is 14.9. The van der Waals surface area contributed by atoms with Crippen molar-refractivity contribution in [2.45, 2.75) is 6.42 Å². The predicted octanol–water partition coefficient (Wildman–Crippen LogP) is 2.44. The quantitative estimate of drug-likeness (QED) is 0.729. The molecule has 0 spiro atoms. The number of hydrogen-bond donors (Lipinski definition) is 1. The Balaban J connectivity index is 1.89. The van der Waals surface area contributed by atoms with Gasteiger partial charge in [-0.15, -0.1) is 0 Å². The van der Waals surface area contributed by atoms with Crippen molar-refractivity contribution in [2.75, 3.05) is 33.3 Å². The molecule has 2 aromatic carbocycles. The van der Waals surface area contributed by atoms with Crippen molar-refractivity contribution in [3.05, 3.63) is 48.0 Å². The highest BCUT2D eigenvalue weighted by Crippen LogP contribution is 2.28. The standard InChI is InChI=1S/C19H21NO6/c1-23-14-6-4-5-13(9-14)10-19(22)26-12-18(21)20-16-11-15(24-2)7-8-17(16)25-3/h4-9,11H,10,12H2,1-3H3,(H,20,21). The second kappa shape index (κ2) is 9.31. The van der Waals surface area contributed by atoms with Crippen LogP contribution in [0.1, 0.15) is 5.56 Å². The maximum absolute atomic E-state index is 12.0. The van der Waals surface area contributed by atoms with Crippen LogP contribution >= 0.6 is 0 Å². The second-order valence-corrected chi connectivity index (χ2v) is 5.30. The smallest absolute Gasteiger partial charge is 0.310 e. The van der Waals surface area contributed by atoms with Gasteiger partial charge < -0.3 is 24.3 Å². The zero-order valence-corrected chi connectivity index (χ0v) is 14.9. The molecule has 0 fully saturated rings. The summed E-state index contributed by atoms with van der Waals surface area (Å²) in [5.41, 5.74) is 1.17. The van der Waals surface area contributed by atoms with E-state index < -0.39 is 18.5 Å². The normalized spacial score (nSPS) is 9.96. The maximum Gasteiger partial charge on any atom is 0.310 e. The van der Waals surface area contributed by atoms with Crippen LogP contribution in [0.3, 0.4) is 0 Å². The van der Waals surface area contributed by atoms with Gasteiger partial charge in [0, 0.05) is 6.07 Å². The van der Waals surface area contributed by atoms with E-state index in [1.165, 1.54) is 14.2 Å². The molecule has 26 heavy (non-hydrogen) atoms. The molecule has 7 heteroatoms. The van der Waals surface area contributed by atoms with Gasteiger partial charge in [0.1, 0.15) is 17.2 Å². The van der Waals surface area contributed by atoms with Crippen LogP contribution in [0.4, 0.5) is 5.69 Å². The van der Waals surface area contributed by atoms with E-state index in [0.29, 0.717) is 22.9 Å². The van der Waals surface area contributed by atoms with Crippen LogP contribution in [-0.2, 0) is 20.7 Å². The number of carbonyl (C=O) groups excluding carboxylic acids is 2. The van der Waals surface area contributed by atoms with Gasteiger partial charge in [-0.3, -0.25) is 9.59 Å². The second-order valence-electron chi connectivity index (χ2n) is 5.30. The van der Waals surface area contributed by atoms with Gasteiger partial charge in [-0.25, -0.2) is 0 Å². The highest BCUT2D eigenvalue weighted by molar-refractivity contribution is 5.94. The van der Waals surface area contributed by atoms with Crippen molar-refractivity contribution < 1.29 is 28.5 Å². The third kappa shape index (κ3) is 5.41. The number of rotatable bonds is 8. The number of carbonyl (C=O) groups is 2. The number of ether oxygens (including phenoxy) is 4. The highest BCUT2D eigenvalue weighted by atomic mass is 16.5. The molecule has 0 radical (unpaired) electrons. The van der Waals surface area contributed by atoms with E-state index >= 15 is 0 Å². The van der Waals surface area contributed by atoms with E-state index in [1.807, 2.05) is 0 Å². The lowest BCUT2D eigenvalue weighted by Gasteiger charge is -2.12. The average Bonchev–Trinajstić information content (AvgIpc) is 2.66. The van der Waals surface area contributed by atoms with Crippen molar-refractivity contribution in [2.24, 2.45) is 0 Å². The Labute approximate surface area is 151 Å². The molecule has 0 heterocycles. The van der Waals surface area contributed by atoms with Crippen molar-refractivity contribution in [3.8, 4) is 17.2 Å². The van der Waals surface area contributed by atoms with Gasteiger partial charge in [0.2, 0.25) is 0 Å². The number of esters is 1. The van der Waals surface area contributed by atoms with E-state index in [9.17, 15) is 9.59 Å². The van der Waals surface area contributed by atoms with E-state index in [0.717, 1.165) is 5.56 Å². The van der Waals surface area contributed by atoms with E-state index in [4.69, 9.17) is 18.9 Å². The largest absolute Gasteiger partial charge is 0.497 e. The molecule has 1 amide bonds. The van der Waals surface area contributed by atoms with Crippen molar-refractivity contribution >= 4 is 17.6 Å². The predicted molar refractivity (Wildman–Crippen MR) is 95.8 cm³/mol. The Morgan fingerprint density at radius 2 is 1.65 bits per heavy atom. The molecular weight excluding hydrogens is 338 g/mol. The molecule has 0 saturated carbocycles. The van der Waals surface area contributed by atoms with Gasteiger partial charge in [-0.2, -0.15) is 0 Å². The molecule has 0 unspecified atom stereocenters. The summed E-state index contributed by atoms with van der Waals surface area (Å²) in [6.07, 6.45) is 0.0486. The summed E-state index contributed by atoms with van der Waals surface area (Å²) in [6, 6.07) is 12.1. The zero-order chi connectivity index (χ0) is 18.9. The summed E-state index contributed by atoms with van der Waals surface area (Å²) < 4.78 is 20.4. The first-order valence-corrected chi connectivity index (χ1v) is 7.86. The van der Waals surface area contributed by atoms with Gasteiger partial charge in [0.05, 0.1) is 33.4 Å². The number of anilines is 1. The van der Waals surface area contributed by atoms with Crippen LogP contribution in [-0.4, -0.2) is 39.8 Å². The minimum absolute atomic E-state index is 0.0486. The van der Waals surface area contributed by atoms with Crippen LogP contribution in [0.5, 0.6) is 17.2 Å². The number of amides is 1. The average molecular weight is 359 g/mol. The number of hydrogen-bond acceptors (Lipinski definition) is 6. The molecule has 2 aromatic rings. The molecular formula is C19H21NO6. The summed E-state index contributed by atoms with van der Waals surface area (Å²) in [6.45, 7) is -0.400. The molecule has 7 nitrogen and oxygen atoms in total. The molecule has 0 aliphatic carbocycles. The van der Waals surface area contributed by atoms with E-state index in [1.54, 1.807) is 49.6 Å². The topological polar surface area (TPSA) is 83.1 Å². The summed E-state index contributed by atoms with van der Waals surface area (Å²) in [5.74, 6) is 0.706. The van der Waals surface area contributed by atoms with Crippen molar-refractivity contribution in [1.82, 2.24) is 0 Å². The van der Waals surface area contributed by atoms with Gasteiger partial charge in [-0.1, -0.05) is 12.1 Å². The third-order valence-corrected chi connectivity index (χ3v) is 3.53. The minimum Gasteiger partial charge on any atom is -0.497 e. The minimum atomic E-state index is -0.508. The lowest BCUT2D eigenvalue weighted by molar-refractivity contribution is -0.146. The maximum atomic E-state index is 12.0. The lowest BCUT2D eigenvalue weighted by Crippen LogP contribution is -2.22. The molecule has 2 rings (SSSR count).